The second kappa shape index (κ2) is 3.73. The van der Waals surface area contributed by atoms with Gasteiger partial charge in [-0.1, -0.05) is 30.3 Å². The van der Waals surface area contributed by atoms with Gasteiger partial charge >= 0.3 is 5.97 Å². The van der Waals surface area contributed by atoms with Gasteiger partial charge in [0.15, 0.2) is 0 Å². The van der Waals surface area contributed by atoms with Gasteiger partial charge in [0, 0.05) is 0 Å². The van der Waals surface area contributed by atoms with Gasteiger partial charge in [-0.15, -0.1) is 0 Å². The topological polar surface area (TPSA) is 26.3 Å². The molecule has 0 unspecified atom stereocenters. The first-order chi connectivity index (χ1) is 7.27. The lowest BCUT2D eigenvalue weighted by molar-refractivity contribution is -0.135. The number of fused-ring (bicyclic) bond motifs is 1. The summed E-state index contributed by atoms with van der Waals surface area (Å²) >= 11 is 0. The fourth-order valence-corrected chi connectivity index (χ4v) is 1.84. The molecule has 0 aliphatic heterocycles. The first kappa shape index (κ1) is 9.71. The van der Waals surface area contributed by atoms with E-state index in [1.807, 2.05) is 43.3 Å². The molecule has 0 radical (unpaired) electrons. The molecular formula is C13H12O2. The molecule has 0 fully saturated rings. The number of hydrogen-bond acceptors (Lipinski definition) is 2. The molecule has 0 N–H and O–H groups in total. The van der Waals surface area contributed by atoms with E-state index in [4.69, 9.17) is 4.74 Å². The fourth-order valence-electron chi connectivity index (χ4n) is 1.84. The summed E-state index contributed by atoms with van der Waals surface area (Å²) in [4.78, 5) is 11.5. The summed E-state index contributed by atoms with van der Waals surface area (Å²) in [6, 6.07) is 7.94. The number of ether oxygens (including phenoxy) is 1. The molecule has 0 bridgehead atoms. The maximum absolute atomic E-state index is 11.5. The van der Waals surface area contributed by atoms with Crippen LogP contribution in [0.25, 0.3) is 11.6 Å². The molecule has 0 amide bonds. The highest BCUT2D eigenvalue weighted by molar-refractivity contribution is 6.14. The van der Waals surface area contributed by atoms with Gasteiger partial charge in [0.05, 0.1) is 12.7 Å². The molecule has 0 saturated carbocycles. The Balaban J connectivity index is 2.53. The Labute approximate surface area is 88.9 Å². The minimum absolute atomic E-state index is 0.278. The highest BCUT2D eigenvalue weighted by Crippen LogP contribution is 2.35. The molecular weight excluding hydrogens is 188 g/mol. The van der Waals surface area contributed by atoms with Crippen molar-refractivity contribution in [3.05, 3.63) is 47.0 Å². The van der Waals surface area contributed by atoms with E-state index in [1.54, 1.807) is 0 Å². The van der Waals surface area contributed by atoms with Crippen molar-refractivity contribution in [1.82, 2.24) is 0 Å². The van der Waals surface area contributed by atoms with E-state index in [0.29, 0.717) is 5.57 Å². The van der Waals surface area contributed by atoms with Crippen LogP contribution in [0.15, 0.2) is 35.9 Å². The van der Waals surface area contributed by atoms with Crippen LogP contribution in [0.1, 0.15) is 18.1 Å². The Bertz CT molecular complexity index is 467. The molecule has 0 aromatic heterocycles. The number of carbonyl (C=O) groups is 1. The predicted molar refractivity (Wildman–Crippen MR) is 60.1 cm³/mol. The van der Waals surface area contributed by atoms with Crippen molar-refractivity contribution in [1.29, 1.82) is 0 Å². The first-order valence-corrected chi connectivity index (χ1v) is 4.84. The zero-order valence-electron chi connectivity index (χ0n) is 8.78. The van der Waals surface area contributed by atoms with E-state index < -0.39 is 0 Å². The summed E-state index contributed by atoms with van der Waals surface area (Å²) in [5, 5.41) is 0. The monoisotopic (exact) mass is 200 g/mol. The van der Waals surface area contributed by atoms with Crippen molar-refractivity contribution in [2.75, 3.05) is 7.11 Å². The predicted octanol–water partition coefficient (Wildman–Crippen LogP) is 2.66. The average molecular weight is 200 g/mol. The van der Waals surface area contributed by atoms with E-state index in [2.05, 4.69) is 0 Å². The lowest BCUT2D eigenvalue weighted by Crippen LogP contribution is -2.03. The normalized spacial score (nSPS) is 16.1. The first-order valence-electron chi connectivity index (χ1n) is 4.84. The van der Waals surface area contributed by atoms with Crippen LogP contribution in [0.5, 0.6) is 0 Å². The number of carbonyl (C=O) groups excluding carboxylic acids is 1. The van der Waals surface area contributed by atoms with Gasteiger partial charge in [-0.2, -0.15) is 0 Å². The van der Waals surface area contributed by atoms with Gasteiger partial charge in [-0.25, -0.2) is 4.79 Å². The van der Waals surface area contributed by atoms with Gasteiger partial charge in [0.25, 0.3) is 0 Å². The Morgan fingerprint density at radius 2 is 2.07 bits per heavy atom. The van der Waals surface area contributed by atoms with Gasteiger partial charge in [0.1, 0.15) is 0 Å². The summed E-state index contributed by atoms with van der Waals surface area (Å²) in [5.74, 6) is -0.278. The Hall–Kier alpha value is -1.83. The molecule has 1 aliphatic carbocycles. The molecule has 1 aromatic carbocycles. The highest BCUT2D eigenvalue weighted by Gasteiger charge is 2.23. The number of benzene rings is 1. The van der Waals surface area contributed by atoms with E-state index in [1.165, 1.54) is 7.11 Å². The maximum atomic E-state index is 11.5. The molecule has 1 aliphatic rings. The van der Waals surface area contributed by atoms with Crippen LogP contribution < -0.4 is 0 Å². The van der Waals surface area contributed by atoms with E-state index in [0.717, 1.165) is 16.7 Å². The molecule has 0 heterocycles. The molecule has 76 valence electrons. The standard InChI is InChI=1S/C13H12O2/c1-3-10-11-7-5-4-6-9(11)8-12(10)13(14)15-2/h3-8H,1-2H3/b10-3+. The third-order valence-corrected chi connectivity index (χ3v) is 2.53. The van der Waals surface area contributed by atoms with Crippen molar-refractivity contribution in [2.24, 2.45) is 0 Å². The summed E-state index contributed by atoms with van der Waals surface area (Å²) in [6.45, 7) is 1.92. The second-order valence-electron chi connectivity index (χ2n) is 3.34. The summed E-state index contributed by atoms with van der Waals surface area (Å²) in [6.07, 6.45) is 3.81. The number of hydrogen-bond donors (Lipinski definition) is 0. The fraction of sp³-hybridized carbons (Fsp3) is 0.154. The summed E-state index contributed by atoms with van der Waals surface area (Å²) < 4.78 is 4.75. The van der Waals surface area contributed by atoms with Crippen LogP contribution in [0, 0.1) is 0 Å². The van der Waals surface area contributed by atoms with Crippen molar-refractivity contribution in [3.8, 4) is 0 Å². The molecule has 0 saturated heterocycles. The smallest absolute Gasteiger partial charge is 0.338 e. The summed E-state index contributed by atoms with van der Waals surface area (Å²) in [7, 11) is 1.40. The highest BCUT2D eigenvalue weighted by atomic mass is 16.5. The quantitative estimate of drug-likeness (QED) is 0.651. The van der Waals surface area contributed by atoms with Crippen LogP contribution in [0.3, 0.4) is 0 Å². The van der Waals surface area contributed by atoms with Crippen LogP contribution in [-0.4, -0.2) is 13.1 Å². The minimum atomic E-state index is -0.278. The van der Waals surface area contributed by atoms with E-state index in [9.17, 15) is 4.79 Å². The van der Waals surface area contributed by atoms with Gasteiger partial charge < -0.3 is 4.74 Å². The third-order valence-electron chi connectivity index (χ3n) is 2.53. The van der Waals surface area contributed by atoms with Crippen LogP contribution >= 0.6 is 0 Å². The Kier molecular flexibility index (Phi) is 2.42. The number of methoxy groups -OCH3 is 1. The van der Waals surface area contributed by atoms with Crippen molar-refractivity contribution in [2.45, 2.75) is 6.92 Å². The SMILES string of the molecule is C/C=C1/C(C(=O)OC)=Cc2ccccc21. The molecule has 2 nitrogen and oxygen atoms in total. The van der Waals surface area contributed by atoms with Gasteiger partial charge in [-0.05, 0) is 29.7 Å². The molecule has 15 heavy (non-hydrogen) atoms. The zero-order chi connectivity index (χ0) is 10.8. The van der Waals surface area contributed by atoms with Crippen molar-refractivity contribution < 1.29 is 9.53 Å². The molecule has 2 heteroatoms. The van der Waals surface area contributed by atoms with E-state index >= 15 is 0 Å². The van der Waals surface area contributed by atoms with Gasteiger partial charge in [0.2, 0.25) is 0 Å². The van der Waals surface area contributed by atoms with Crippen molar-refractivity contribution >= 4 is 17.6 Å². The molecule has 0 atom stereocenters. The lowest BCUT2D eigenvalue weighted by Gasteiger charge is -2.04. The minimum Gasteiger partial charge on any atom is -0.465 e. The molecule has 2 rings (SSSR count). The maximum Gasteiger partial charge on any atom is 0.338 e. The van der Waals surface area contributed by atoms with Crippen LogP contribution in [-0.2, 0) is 9.53 Å². The third kappa shape index (κ3) is 1.48. The zero-order valence-corrected chi connectivity index (χ0v) is 8.78. The largest absolute Gasteiger partial charge is 0.465 e. The van der Waals surface area contributed by atoms with E-state index in [-0.39, 0.29) is 5.97 Å². The van der Waals surface area contributed by atoms with Crippen molar-refractivity contribution in [3.63, 3.8) is 0 Å². The molecule has 0 spiro atoms. The van der Waals surface area contributed by atoms with Crippen LogP contribution in [0.2, 0.25) is 0 Å². The second-order valence-corrected chi connectivity index (χ2v) is 3.34. The number of rotatable bonds is 1. The van der Waals surface area contributed by atoms with Gasteiger partial charge in [-0.3, -0.25) is 0 Å². The van der Waals surface area contributed by atoms with Crippen LogP contribution in [0.4, 0.5) is 0 Å². The number of allylic oxidation sites excluding steroid dienone is 1. The number of esters is 1. The molecule has 1 aromatic rings. The summed E-state index contributed by atoms with van der Waals surface area (Å²) in [5.41, 5.74) is 3.77. The Morgan fingerprint density at radius 3 is 2.73 bits per heavy atom. The average Bonchev–Trinajstić information content (AvgIpc) is 2.66. The Morgan fingerprint density at radius 1 is 1.33 bits per heavy atom. The lowest BCUT2D eigenvalue weighted by atomic mass is 10.0.